The summed E-state index contributed by atoms with van der Waals surface area (Å²) in [6, 6.07) is 43.2. The van der Waals surface area contributed by atoms with Gasteiger partial charge in [0.05, 0.1) is 0 Å². The van der Waals surface area contributed by atoms with E-state index in [4.69, 9.17) is 9.47 Å². The molecule has 0 saturated heterocycles. The number of rotatable bonds is 8. The van der Waals surface area contributed by atoms with E-state index in [0.29, 0.717) is 22.8 Å². The van der Waals surface area contributed by atoms with Gasteiger partial charge in [0.15, 0.2) is 0 Å². The van der Waals surface area contributed by atoms with Gasteiger partial charge in [0.25, 0.3) is 0 Å². The van der Waals surface area contributed by atoms with Gasteiger partial charge in [-0.05, 0) is 71.5 Å². The van der Waals surface area contributed by atoms with Gasteiger partial charge in [-0.15, -0.1) is 0 Å². The summed E-state index contributed by atoms with van der Waals surface area (Å²) in [5.41, 5.74) is 5.02. The van der Waals surface area contributed by atoms with Crippen LogP contribution in [-0.2, 0) is 12.8 Å². The summed E-state index contributed by atoms with van der Waals surface area (Å²) in [6.45, 7) is 0. The van der Waals surface area contributed by atoms with Crippen molar-refractivity contribution in [1.29, 1.82) is 0 Å². The maximum Gasteiger partial charge on any atom is 0.347 e. The van der Waals surface area contributed by atoms with Gasteiger partial charge in [-0.25, -0.2) is 4.79 Å². The molecular weight excluding hydrogens is 444 g/mol. The van der Waals surface area contributed by atoms with E-state index < -0.39 is 5.97 Å². The van der Waals surface area contributed by atoms with Gasteiger partial charge < -0.3 is 9.47 Å². The van der Waals surface area contributed by atoms with Gasteiger partial charge in [-0.2, -0.15) is 0 Å². The zero-order valence-corrected chi connectivity index (χ0v) is 19.8. The Morgan fingerprint density at radius 1 is 0.500 bits per heavy atom. The minimum absolute atomic E-state index is 0.374. The van der Waals surface area contributed by atoms with Crippen molar-refractivity contribution in [2.45, 2.75) is 12.8 Å². The van der Waals surface area contributed by atoms with Crippen LogP contribution in [0.15, 0.2) is 133 Å². The molecule has 0 unspecified atom stereocenters. The summed E-state index contributed by atoms with van der Waals surface area (Å²) in [5, 5.41) is 0. The molecule has 176 valence electrons. The number of hydrogen-bond acceptors (Lipinski definition) is 3. The van der Waals surface area contributed by atoms with Crippen LogP contribution in [0.2, 0.25) is 0 Å². The molecule has 5 aromatic carbocycles. The molecule has 0 saturated carbocycles. The number of hydrogen-bond donors (Lipinski definition) is 0. The molecule has 36 heavy (non-hydrogen) atoms. The first-order chi connectivity index (χ1) is 17.7. The van der Waals surface area contributed by atoms with Crippen molar-refractivity contribution in [2.75, 3.05) is 0 Å². The van der Waals surface area contributed by atoms with Crippen molar-refractivity contribution in [3.63, 3.8) is 0 Å². The smallest absolute Gasteiger partial charge is 0.347 e. The van der Waals surface area contributed by atoms with Crippen molar-refractivity contribution >= 4 is 5.97 Å². The number of carbonyl (C=O) groups excluding carboxylic acids is 1. The summed E-state index contributed by atoms with van der Waals surface area (Å²) in [4.78, 5) is 13.1. The molecule has 0 aliphatic rings. The topological polar surface area (TPSA) is 35.5 Å². The van der Waals surface area contributed by atoms with Gasteiger partial charge >= 0.3 is 5.97 Å². The molecule has 5 rings (SSSR count). The zero-order valence-electron chi connectivity index (χ0n) is 19.8. The molecule has 0 amide bonds. The van der Waals surface area contributed by atoms with Crippen molar-refractivity contribution in [3.05, 3.63) is 161 Å². The summed E-state index contributed by atoms with van der Waals surface area (Å²) in [5.74, 6) is 1.18. The van der Waals surface area contributed by atoms with E-state index in [9.17, 15) is 4.79 Å². The third-order valence-corrected chi connectivity index (χ3v) is 5.84. The predicted octanol–water partition coefficient (Wildman–Crippen LogP) is 7.88. The number of ether oxygens (including phenoxy) is 2. The van der Waals surface area contributed by atoms with Gasteiger partial charge in [0, 0.05) is 0 Å². The molecule has 5 aromatic rings. The first-order valence-corrected chi connectivity index (χ1v) is 12.0. The summed E-state index contributed by atoms with van der Waals surface area (Å²) in [6.07, 6.45) is 1.58. The lowest BCUT2D eigenvalue weighted by atomic mass is 10.0. The first kappa shape index (κ1) is 23.1. The zero-order chi connectivity index (χ0) is 24.6. The van der Waals surface area contributed by atoms with Gasteiger partial charge in [-0.1, -0.05) is 97.1 Å². The summed E-state index contributed by atoms with van der Waals surface area (Å²) >= 11 is 0. The molecule has 3 nitrogen and oxygen atoms in total. The molecule has 0 aromatic heterocycles. The Morgan fingerprint density at radius 2 is 1.00 bits per heavy atom. The van der Waals surface area contributed by atoms with Crippen LogP contribution in [0.3, 0.4) is 0 Å². The fraction of sp³-hybridized carbons (Fsp3) is 0.0606. The second kappa shape index (κ2) is 11.2. The van der Waals surface area contributed by atoms with Gasteiger partial charge in [0.2, 0.25) is 0 Å². The molecule has 3 heteroatoms. The van der Waals surface area contributed by atoms with Crippen LogP contribution in [0, 0.1) is 0 Å². The van der Waals surface area contributed by atoms with E-state index in [2.05, 4.69) is 30.3 Å². The molecule has 0 radical (unpaired) electrons. The molecule has 0 heterocycles. The van der Waals surface area contributed by atoms with E-state index in [1.807, 2.05) is 78.9 Å². The van der Waals surface area contributed by atoms with Crippen molar-refractivity contribution < 1.29 is 14.3 Å². The molecule has 0 atom stereocenters. The Morgan fingerprint density at radius 3 is 1.64 bits per heavy atom. The number of carbonyl (C=O) groups is 1. The van der Waals surface area contributed by atoms with E-state index in [1.165, 1.54) is 11.1 Å². The Bertz CT molecular complexity index is 1440. The SMILES string of the molecule is O=C(Oc1cccc(Cc2ccccc2)c1)c1ccccc1Oc1cccc(Cc2ccccc2)c1. The molecule has 0 bridgehead atoms. The molecule has 0 spiro atoms. The van der Waals surface area contributed by atoms with Gasteiger partial charge in [0.1, 0.15) is 22.8 Å². The Labute approximate surface area is 211 Å². The average molecular weight is 471 g/mol. The third-order valence-electron chi connectivity index (χ3n) is 5.84. The van der Waals surface area contributed by atoms with Crippen LogP contribution in [0.25, 0.3) is 0 Å². The largest absolute Gasteiger partial charge is 0.456 e. The normalized spacial score (nSPS) is 10.6. The molecule has 0 aliphatic carbocycles. The van der Waals surface area contributed by atoms with E-state index in [0.717, 1.165) is 24.0 Å². The first-order valence-electron chi connectivity index (χ1n) is 12.0. The Hall–Kier alpha value is -4.63. The van der Waals surface area contributed by atoms with Crippen LogP contribution in [0.4, 0.5) is 0 Å². The fourth-order valence-electron chi connectivity index (χ4n) is 4.11. The minimum atomic E-state index is -0.456. The number of esters is 1. The highest BCUT2D eigenvalue weighted by Gasteiger charge is 2.16. The van der Waals surface area contributed by atoms with Crippen molar-refractivity contribution in [2.24, 2.45) is 0 Å². The number of para-hydroxylation sites is 1. The van der Waals surface area contributed by atoms with E-state index >= 15 is 0 Å². The Balaban J connectivity index is 1.30. The highest BCUT2D eigenvalue weighted by Crippen LogP contribution is 2.28. The summed E-state index contributed by atoms with van der Waals surface area (Å²) in [7, 11) is 0. The highest BCUT2D eigenvalue weighted by molar-refractivity contribution is 5.94. The molecule has 0 N–H and O–H groups in total. The minimum Gasteiger partial charge on any atom is -0.456 e. The number of benzene rings is 5. The monoisotopic (exact) mass is 470 g/mol. The molecule has 0 aliphatic heterocycles. The standard InChI is InChI=1S/C33H26O3/c34-33(36-30-18-10-16-28(24-30)22-26-13-5-2-6-14-26)31-19-7-8-20-32(31)35-29-17-9-15-27(23-29)21-25-11-3-1-4-12-25/h1-20,23-24H,21-22H2. The summed E-state index contributed by atoms with van der Waals surface area (Å²) < 4.78 is 11.9. The third kappa shape index (κ3) is 6.08. The lowest BCUT2D eigenvalue weighted by Gasteiger charge is -2.12. The van der Waals surface area contributed by atoms with Crippen LogP contribution < -0.4 is 9.47 Å². The van der Waals surface area contributed by atoms with Gasteiger partial charge in [-0.3, -0.25) is 0 Å². The van der Waals surface area contributed by atoms with Crippen molar-refractivity contribution in [1.82, 2.24) is 0 Å². The van der Waals surface area contributed by atoms with E-state index in [-0.39, 0.29) is 0 Å². The maximum absolute atomic E-state index is 13.1. The second-order valence-corrected chi connectivity index (χ2v) is 8.61. The Kier molecular flexibility index (Phi) is 7.19. The second-order valence-electron chi connectivity index (χ2n) is 8.61. The average Bonchev–Trinajstić information content (AvgIpc) is 2.91. The lowest BCUT2D eigenvalue weighted by Crippen LogP contribution is -2.10. The van der Waals surface area contributed by atoms with Crippen LogP contribution in [-0.4, -0.2) is 5.97 Å². The van der Waals surface area contributed by atoms with Crippen LogP contribution in [0.5, 0.6) is 17.2 Å². The lowest BCUT2D eigenvalue weighted by molar-refractivity contribution is 0.0732. The quantitative estimate of drug-likeness (QED) is 0.171. The molecule has 0 fully saturated rings. The molecular formula is C33H26O3. The maximum atomic E-state index is 13.1. The van der Waals surface area contributed by atoms with E-state index in [1.54, 1.807) is 24.3 Å². The van der Waals surface area contributed by atoms with Crippen molar-refractivity contribution in [3.8, 4) is 17.2 Å². The van der Waals surface area contributed by atoms with Crippen LogP contribution >= 0.6 is 0 Å². The van der Waals surface area contributed by atoms with Crippen LogP contribution in [0.1, 0.15) is 32.6 Å². The fourth-order valence-corrected chi connectivity index (χ4v) is 4.11. The highest BCUT2D eigenvalue weighted by atomic mass is 16.5. The predicted molar refractivity (Wildman–Crippen MR) is 143 cm³/mol.